The third-order valence-corrected chi connectivity index (χ3v) is 6.27. The maximum absolute atomic E-state index is 12.8. The minimum Gasteiger partial charge on any atom is -0.353 e. The normalized spacial score (nSPS) is 16.1. The third-order valence-electron chi connectivity index (χ3n) is 4.10. The average Bonchev–Trinajstić information content (AvgIpc) is 2.94. The predicted octanol–water partition coefficient (Wildman–Crippen LogP) is 0.804. The molecule has 3 rings (SSSR count). The zero-order valence-electron chi connectivity index (χ0n) is 13.5. The number of aryl methyl sites for hydroxylation is 2. The lowest BCUT2D eigenvalue weighted by atomic mass is 10.2. The van der Waals surface area contributed by atoms with Crippen molar-refractivity contribution >= 4 is 15.8 Å². The molecular weight excluding hydrogens is 328 g/mol. The van der Waals surface area contributed by atoms with E-state index in [-0.39, 0.29) is 4.90 Å². The predicted molar refractivity (Wildman–Crippen MR) is 88.0 cm³/mol. The van der Waals surface area contributed by atoms with Crippen molar-refractivity contribution < 1.29 is 8.42 Å². The largest absolute Gasteiger partial charge is 0.353 e. The maximum atomic E-state index is 12.8. The Morgan fingerprint density at radius 2 is 1.96 bits per heavy atom. The van der Waals surface area contributed by atoms with Crippen molar-refractivity contribution in [1.29, 1.82) is 5.26 Å². The van der Waals surface area contributed by atoms with Crippen molar-refractivity contribution in [3.05, 3.63) is 35.3 Å². The highest BCUT2D eigenvalue weighted by molar-refractivity contribution is 7.89. The van der Waals surface area contributed by atoms with Gasteiger partial charge in [-0.3, -0.25) is 5.10 Å². The molecule has 2 aromatic rings. The van der Waals surface area contributed by atoms with Crippen molar-refractivity contribution in [2.24, 2.45) is 0 Å². The molecule has 0 amide bonds. The van der Waals surface area contributed by atoms with E-state index in [1.165, 1.54) is 4.31 Å². The van der Waals surface area contributed by atoms with Crippen LogP contribution in [0.1, 0.15) is 17.0 Å². The van der Waals surface area contributed by atoms with E-state index in [0.29, 0.717) is 48.9 Å². The maximum Gasteiger partial charge on any atom is 0.246 e. The van der Waals surface area contributed by atoms with Gasteiger partial charge < -0.3 is 4.90 Å². The van der Waals surface area contributed by atoms with E-state index >= 15 is 0 Å². The first kappa shape index (κ1) is 16.4. The Morgan fingerprint density at radius 3 is 2.54 bits per heavy atom. The minimum absolute atomic E-state index is 0.256. The summed E-state index contributed by atoms with van der Waals surface area (Å²) < 4.78 is 27.1. The van der Waals surface area contributed by atoms with Crippen molar-refractivity contribution in [2.75, 3.05) is 31.1 Å². The van der Waals surface area contributed by atoms with Gasteiger partial charge in [-0.25, -0.2) is 13.4 Å². The fourth-order valence-corrected chi connectivity index (χ4v) is 4.68. The molecule has 3 heterocycles. The SMILES string of the molecule is Cc1n[nH]c(C)c1S(=O)(=O)N1CCN(c2ncccc2C#N)CC1. The molecule has 0 spiro atoms. The van der Waals surface area contributed by atoms with E-state index in [1.54, 1.807) is 32.2 Å². The van der Waals surface area contributed by atoms with Gasteiger partial charge in [-0.05, 0) is 26.0 Å². The standard InChI is InChI=1S/C15H18N6O2S/c1-11-14(12(2)19-18-11)24(22,23)21-8-6-20(7-9-21)15-13(10-16)4-3-5-17-15/h3-5H,6-9H2,1-2H3,(H,18,19). The van der Waals surface area contributed by atoms with Crippen LogP contribution in [0.3, 0.4) is 0 Å². The highest BCUT2D eigenvalue weighted by Gasteiger charge is 2.32. The second kappa shape index (κ2) is 6.22. The second-order valence-electron chi connectivity index (χ2n) is 5.64. The molecule has 0 bridgehead atoms. The van der Waals surface area contributed by atoms with Gasteiger partial charge in [0.15, 0.2) is 0 Å². The summed E-state index contributed by atoms with van der Waals surface area (Å²) in [5.74, 6) is 0.604. The zero-order valence-corrected chi connectivity index (χ0v) is 14.3. The van der Waals surface area contributed by atoms with Crippen molar-refractivity contribution in [3.8, 4) is 6.07 Å². The molecule has 0 saturated carbocycles. The van der Waals surface area contributed by atoms with Gasteiger partial charge in [-0.15, -0.1) is 0 Å². The van der Waals surface area contributed by atoms with Crippen LogP contribution in [0.2, 0.25) is 0 Å². The summed E-state index contributed by atoms with van der Waals surface area (Å²) in [6, 6.07) is 5.55. The van der Waals surface area contributed by atoms with E-state index in [1.807, 2.05) is 4.90 Å². The number of anilines is 1. The topological polar surface area (TPSA) is 106 Å². The van der Waals surface area contributed by atoms with Gasteiger partial charge in [-0.1, -0.05) is 0 Å². The highest BCUT2D eigenvalue weighted by atomic mass is 32.2. The molecule has 8 nitrogen and oxygen atoms in total. The molecule has 9 heteroatoms. The van der Waals surface area contributed by atoms with E-state index in [4.69, 9.17) is 0 Å². The summed E-state index contributed by atoms with van der Waals surface area (Å²) in [6.45, 7) is 5.04. The summed E-state index contributed by atoms with van der Waals surface area (Å²) >= 11 is 0. The molecule has 0 aromatic carbocycles. The zero-order chi connectivity index (χ0) is 17.3. The summed E-state index contributed by atoms with van der Waals surface area (Å²) in [5, 5.41) is 15.9. The number of hydrogen-bond acceptors (Lipinski definition) is 6. The molecule has 0 aliphatic carbocycles. The summed E-state index contributed by atoms with van der Waals surface area (Å²) in [6.07, 6.45) is 1.64. The van der Waals surface area contributed by atoms with Crippen LogP contribution in [0.15, 0.2) is 23.2 Å². The molecule has 1 aliphatic heterocycles. The Balaban J connectivity index is 1.79. The van der Waals surface area contributed by atoms with Crippen molar-refractivity contribution in [2.45, 2.75) is 18.7 Å². The number of aromatic nitrogens is 3. The number of piperazine rings is 1. The lowest BCUT2D eigenvalue weighted by molar-refractivity contribution is 0.383. The summed E-state index contributed by atoms with van der Waals surface area (Å²) in [5.41, 5.74) is 1.52. The van der Waals surface area contributed by atoms with E-state index in [2.05, 4.69) is 21.3 Å². The van der Waals surface area contributed by atoms with Crippen molar-refractivity contribution in [3.63, 3.8) is 0 Å². The fraction of sp³-hybridized carbons (Fsp3) is 0.400. The molecular formula is C15H18N6O2S. The summed E-state index contributed by atoms with van der Waals surface area (Å²) in [4.78, 5) is 6.46. The molecule has 1 N–H and O–H groups in total. The molecule has 0 radical (unpaired) electrons. The number of nitrogens with one attached hydrogen (secondary N) is 1. The van der Waals surface area contributed by atoms with Crippen LogP contribution in [0.5, 0.6) is 0 Å². The average molecular weight is 346 g/mol. The quantitative estimate of drug-likeness (QED) is 0.881. The van der Waals surface area contributed by atoms with Gasteiger partial charge >= 0.3 is 0 Å². The van der Waals surface area contributed by atoms with Crippen LogP contribution in [-0.2, 0) is 10.0 Å². The molecule has 126 valence electrons. The van der Waals surface area contributed by atoms with Crippen molar-refractivity contribution in [1.82, 2.24) is 19.5 Å². The Hall–Kier alpha value is -2.44. The van der Waals surface area contributed by atoms with Gasteiger partial charge in [0.25, 0.3) is 0 Å². The molecule has 1 fully saturated rings. The number of H-pyrrole nitrogens is 1. The second-order valence-corrected chi connectivity index (χ2v) is 7.52. The molecule has 2 aromatic heterocycles. The fourth-order valence-electron chi connectivity index (χ4n) is 2.93. The number of aromatic amines is 1. The molecule has 0 atom stereocenters. The van der Waals surface area contributed by atoms with Gasteiger partial charge in [0.2, 0.25) is 10.0 Å². The summed E-state index contributed by atoms with van der Waals surface area (Å²) in [7, 11) is -3.57. The van der Waals surface area contributed by atoms with E-state index in [0.717, 1.165) is 0 Å². The number of nitriles is 1. The molecule has 1 aliphatic rings. The minimum atomic E-state index is -3.57. The van der Waals surface area contributed by atoms with Crippen LogP contribution in [0.25, 0.3) is 0 Å². The van der Waals surface area contributed by atoms with Crippen LogP contribution < -0.4 is 4.90 Å². The molecule has 0 unspecified atom stereocenters. The number of sulfonamides is 1. The van der Waals surface area contributed by atoms with Gasteiger partial charge in [0, 0.05) is 32.4 Å². The number of pyridine rings is 1. The van der Waals surface area contributed by atoms with Gasteiger partial charge in [-0.2, -0.15) is 14.7 Å². The molecule has 1 saturated heterocycles. The van der Waals surface area contributed by atoms with E-state index in [9.17, 15) is 13.7 Å². The smallest absolute Gasteiger partial charge is 0.246 e. The Morgan fingerprint density at radius 1 is 1.25 bits per heavy atom. The van der Waals surface area contributed by atoms with Crippen LogP contribution in [0.4, 0.5) is 5.82 Å². The Labute approximate surface area is 140 Å². The first-order valence-electron chi connectivity index (χ1n) is 7.57. The number of hydrogen-bond donors (Lipinski definition) is 1. The lowest BCUT2D eigenvalue weighted by Gasteiger charge is -2.34. The first-order chi connectivity index (χ1) is 11.4. The lowest BCUT2D eigenvalue weighted by Crippen LogP contribution is -2.49. The number of nitrogens with zero attached hydrogens (tertiary/aromatic N) is 5. The first-order valence-corrected chi connectivity index (χ1v) is 9.01. The monoisotopic (exact) mass is 346 g/mol. The molecule has 24 heavy (non-hydrogen) atoms. The number of rotatable bonds is 3. The highest BCUT2D eigenvalue weighted by Crippen LogP contribution is 2.24. The Kier molecular flexibility index (Phi) is 4.26. The van der Waals surface area contributed by atoms with E-state index < -0.39 is 10.0 Å². The third kappa shape index (κ3) is 2.74. The van der Waals surface area contributed by atoms with Crippen LogP contribution in [-0.4, -0.2) is 54.1 Å². The van der Waals surface area contributed by atoms with Gasteiger partial charge in [0.05, 0.1) is 17.0 Å². The van der Waals surface area contributed by atoms with Gasteiger partial charge in [0.1, 0.15) is 16.8 Å². The van der Waals surface area contributed by atoms with Crippen LogP contribution in [0, 0.1) is 25.2 Å². The van der Waals surface area contributed by atoms with Crippen LogP contribution >= 0.6 is 0 Å². The Bertz CT molecular complexity index is 871.